The van der Waals surface area contributed by atoms with E-state index in [-0.39, 0.29) is 5.91 Å². The summed E-state index contributed by atoms with van der Waals surface area (Å²) in [5, 5.41) is 2.78. The number of benzene rings is 2. The topological polar surface area (TPSA) is 73.9 Å². The van der Waals surface area contributed by atoms with Gasteiger partial charge in [0.2, 0.25) is 0 Å². The zero-order valence-corrected chi connectivity index (χ0v) is 16.4. The van der Waals surface area contributed by atoms with Crippen molar-refractivity contribution in [2.75, 3.05) is 19.5 Å². The summed E-state index contributed by atoms with van der Waals surface area (Å²) in [6.45, 7) is 1.70. The molecule has 1 amide bonds. The number of nitrogens with one attached hydrogen (secondary N) is 1. The number of methoxy groups -OCH3 is 2. The molecule has 6 heteroatoms. The summed E-state index contributed by atoms with van der Waals surface area (Å²) in [4.78, 5) is 24.5. The van der Waals surface area contributed by atoms with Gasteiger partial charge in [0, 0.05) is 0 Å². The molecule has 1 N–H and O–H groups in total. The van der Waals surface area contributed by atoms with Crippen molar-refractivity contribution in [3.63, 3.8) is 0 Å². The van der Waals surface area contributed by atoms with Crippen LogP contribution in [0.15, 0.2) is 36.4 Å². The first-order valence-corrected chi connectivity index (χ1v) is 9.38. The fourth-order valence-electron chi connectivity index (χ4n) is 3.39. The largest absolute Gasteiger partial charge is 0.495 e. The Hall–Kier alpha value is -3.02. The van der Waals surface area contributed by atoms with Gasteiger partial charge in [-0.1, -0.05) is 12.1 Å². The van der Waals surface area contributed by atoms with Gasteiger partial charge in [0.25, 0.3) is 5.91 Å². The third kappa shape index (κ3) is 4.27. The number of esters is 1. The quantitative estimate of drug-likeness (QED) is 0.769. The standard InChI is InChI=1S/C22H25NO5/c1-14(28-19-10-6-8-15-7-4-5-9-17(15)19)21(24)23-18-13-16(22(25)27-3)11-12-20(18)26-2/h6,8,10-14H,4-5,7,9H2,1-3H3,(H,23,24). The molecule has 0 aromatic heterocycles. The molecule has 1 aliphatic rings. The Balaban J connectivity index is 1.75. The minimum Gasteiger partial charge on any atom is -0.495 e. The molecular weight excluding hydrogens is 358 g/mol. The minimum absolute atomic E-state index is 0.323. The number of hydrogen-bond acceptors (Lipinski definition) is 5. The Morgan fingerprint density at radius 3 is 2.57 bits per heavy atom. The van der Waals surface area contributed by atoms with E-state index in [0.29, 0.717) is 17.0 Å². The number of amides is 1. The maximum Gasteiger partial charge on any atom is 0.337 e. The molecule has 0 spiro atoms. The van der Waals surface area contributed by atoms with E-state index in [4.69, 9.17) is 14.2 Å². The average molecular weight is 383 g/mol. The summed E-state index contributed by atoms with van der Waals surface area (Å²) >= 11 is 0. The molecule has 0 bridgehead atoms. The van der Waals surface area contributed by atoms with E-state index in [1.807, 2.05) is 12.1 Å². The zero-order valence-electron chi connectivity index (χ0n) is 16.4. The molecule has 0 radical (unpaired) electrons. The first kappa shape index (κ1) is 19.7. The lowest BCUT2D eigenvalue weighted by Gasteiger charge is -2.22. The minimum atomic E-state index is -0.708. The molecule has 0 saturated heterocycles. The number of ether oxygens (including phenoxy) is 3. The number of hydrogen-bond donors (Lipinski definition) is 1. The van der Waals surface area contributed by atoms with E-state index in [1.165, 1.54) is 37.8 Å². The second-order valence-corrected chi connectivity index (χ2v) is 6.76. The number of carbonyl (C=O) groups is 2. The van der Waals surface area contributed by atoms with Gasteiger partial charge in [0.1, 0.15) is 11.5 Å². The predicted molar refractivity (Wildman–Crippen MR) is 106 cm³/mol. The average Bonchev–Trinajstić information content (AvgIpc) is 2.73. The van der Waals surface area contributed by atoms with Crippen LogP contribution in [0.2, 0.25) is 0 Å². The number of rotatable bonds is 6. The van der Waals surface area contributed by atoms with Crippen LogP contribution < -0.4 is 14.8 Å². The van der Waals surface area contributed by atoms with E-state index in [1.54, 1.807) is 19.1 Å². The van der Waals surface area contributed by atoms with Crippen LogP contribution in [-0.4, -0.2) is 32.2 Å². The van der Waals surface area contributed by atoms with Gasteiger partial charge in [-0.15, -0.1) is 0 Å². The van der Waals surface area contributed by atoms with Crippen molar-refractivity contribution in [2.24, 2.45) is 0 Å². The summed E-state index contributed by atoms with van der Waals surface area (Å²) < 4.78 is 16.0. The summed E-state index contributed by atoms with van der Waals surface area (Å²) in [6.07, 6.45) is 3.62. The first-order valence-electron chi connectivity index (χ1n) is 9.38. The van der Waals surface area contributed by atoms with Gasteiger partial charge in [0.15, 0.2) is 6.10 Å². The van der Waals surface area contributed by atoms with Crippen molar-refractivity contribution >= 4 is 17.6 Å². The Morgan fingerprint density at radius 2 is 1.82 bits per heavy atom. The van der Waals surface area contributed by atoms with Crippen LogP contribution in [-0.2, 0) is 22.4 Å². The van der Waals surface area contributed by atoms with Crippen LogP contribution in [0.3, 0.4) is 0 Å². The second kappa shape index (κ2) is 8.78. The maximum absolute atomic E-state index is 12.7. The van der Waals surface area contributed by atoms with Gasteiger partial charge < -0.3 is 19.5 Å². The van der Waals surface area contributed by atoms with Crippen LogP contribution in [0, 0.1) is 0 Å². The highest BCUT2D eigenvalue weighted by molar-refractivity contribution is 5.98. The molecule has 0 fully saturated rings. The molecule has 0 heterocycles. The van der Waals surface area contributed by atoms with E-state index in [0.717, 1.165) is 25.0 Å². The van der Waals surface area contributed by atoms with Crippen molar-refractivity contribution in [3.05, 3.63) is 53.1 Å². The smallest absolute Gasteiger partial charge is 0.337 e. The molecule has 3 rings (SSSR count). The van der Waals surface area contributed by atoms with Crippen molar-refractivity contribution in [1.82, 2.24) is 0 Å². The lowest BCUT2D eigenvalue weighted by molar-refractivity contribution is -0.122. The molecule has 2 aromatic carbocycles. The Bertz CT molecular complexity index is 877. The molecule has 1 atom stereocenters. The van der Waals surface area contributed by atoms with Crippen LogP contribution in [0.4, 0.5) is 5.69 Å². The first-order chi connectivity index (χ1) is 13.5. The molecule has 0 saturated carbocycles. The van der Waals surface area contributed by atoms with E-state index >= 15 is 0 Å². The highest BCUT2D eigenvalue weighted by Gasteiger charge is 2.21. The monoisotopic (exact) mass is 383 g/mol. The lowest BCUT2D eigenvalue weighted by Crippen LogP contribution is -2.31. The van der Waals surface area contributed by atoms with E-state index in [2.05, 4.69) is 11.4 Å². The molecule has 1 unspecified atom stereocenters. The highest BCUT2D eigenvalue weighted by atomic mass is 16.5. The van der Waals surface area contributed by atoms with Gasteiger partial charge in [-0.25, -0.2) is 4.79 Å². The van der Waals surface area contributed by atoms with Crippen LogP contribution in [0.5, 0.6) is 11.5 Å². The number of fused-ring (bicyclic) bond motifs is 1. The number of carbonyl (C=O) groups excluding carboxylic acids is 2. The lowest BCUT2D eigenvalue weighted by atomic mass is 9.91. The van der Waals surface area contributed by atoms with Gasteiger partial charge in [-0.05, 0) is 68.0 Å². The molecule has 28 heavy (non-hydrogen) atoms. The van der Waals surface area contributed by atoms with Crippen LogP contribution in [0.25, 0.3) is 0 Å². The second-order valence-electron chi connectivity index (χ2n) is 6.76. The molecular formula is C22H25NO5. The predicted octanol–water partition coefficient (Wildman–Crippen LogP) is 3.77. The summed E-state index contributed by atoms with van der Waals surface area (Å²) in [5.74, 6) is 0.396. The molecule has 6 nitrogen and oxygen atoms in total. The van der Waals surface area contributed by atoms with Crippen molar-refractivity contribution < 1.29 is 23.8 Å². The molecule has 2 aromatic rings. The third-order valence-electron chi connectivity index (χ3n) is 4.90. The zero-order chi connectivity index (χ0) is 20.1. The molecule has 1 aliphatic carbocycles. The van der Waals surface area contributed by atoms with Crippen molar-refractivity contribution in [2.45, 2.75) is 38.7 Å². The van der Waals surface area contributed by atoms with Crippen molar-refractivity contribution in [3.8, 4) is 11.5 Å². The van der Waals surface area contributed by atoms with Crippen LogP contribution in [0.1, 0.15) is 41.3 Å². The van der Waals surface area contributed by atoms with Crippen molar-refractivity contribution in [1.29, 1.82) is 0 Å². The Kier molecular flexibility index (Phi) is 6.19. The van der Waals surface area contributed by atoms with E-state index < -0.39 is 12.1 Å². The van der Waals surface area contributed by atoms with Gasteiger partial charge in [0.05, 0.1) is 25.5 Å². The van der Waals surface area contributed by atoms with Gasteiger partial charge >= 0.3 is 5.97 Å². The summed E-state index contributed by atoms with van der Waals surface area (Å²) in [5.41, 5.74) is 3.20. The third-order valence-corrected chi connectivity index (χ3v) is 4.90. The number of anilines is 1. The fraction of sp³-hybridized carbons (Fsp3) is 0.364. The summed E-state index contributed by atoms with van der Waals surface area (Å²) in [6, 6.07) is 10.7. The normalized spacial score (nSPS) is 13.8. The van der Waals surface area contributed by atoms with E-state index in [9.17, 15) is 9.59 Å². The molecule has 0 aliphatic heterocycles. The summed E-state index contributed by atoms with van der Waals surface area (Å²) in [7, 11) is 2.81. The Labute approximate surface area is 164 Å². The molecule has 148 valence electrons. The fourth-order valence-corrected chi connectivity index (χ4v) is 3.39. The maximum atomic E-state index is 12.7. The SMILES string of the molecule is COC(=O)c1ccc(OC)c(NC(=O)C(C)Oc2cccc3c2CCCC3)c1. The number of aryl methyl sites for hydroxylation is 1. The van der Waals surface area contributed by atoms with Gasteiger partial charge in [-0.3, -0.25) is 4.79 Å². The Morgan fingerprint density at radius 1 is 1.04 bits per heavy atom. The van der Waals surface area contributed by atoms with Crippen LogP contribution >= 0.6 is 0 Å². The highest BCUT2D eigenvalue weighted by Crippen LogP contribution is 2.31. The van der Waals surface area contributed by atoms with Gasteiger partial charge in [-0.2, -0.15) is 0 Å².